The molecule has 0 radical (unpaired) electrons. The van der Waals surface area contributed by atoms with E-state index >= 15 is 0 Å². The Morgan fingerprint density at radius 1 is 1.29 bits per heavy atom. The summed E-state index contributed by atoms with van der Waals surface area (Å²) in [6.07, 6.45) is 1.42. The Morgan fingerprint density at radius 2 is 1.93 bits per heavy atom. The van der Waals surface area contributed by atoms with Gasteiger partial charge in [-0.1, -0.05) is 0 Å². The molecule has 0 bridgehead atoms. The van der Waals surface area contributed by atoms with Gasteiger partial charge in [-0.3, -0.25) is 9.59 Å². The monoisotopic (exact) mass is 197 g/mol. The Labute approximate surface area is 82.8 Å². The normalized spacial score (nSPS) is 27.2. The van der Waals surface area contributed by atoms with E-state index in [1.54, 1.807) is 0 Å². The third kappa shape index (κ3) is 1.48. The first-order valence-corrected chi connectivity index (χ1v) is 4.90. The average Bonchev–Trinajstić information content (AvgIpc) is 2.17. The highest BCUT2D eigenvalue weighted by Gasteiger charge is 2.44. The molecule has 2 fully saturated rings. The van der Waals surface area contributed by atoms with Crippen molar-refractivity contribution in [2.45, 2.75) is 18.4 Å². The predicted molar refractivity (Wildman–Crippen MR) is 50.6 cm³/mol. The van der Waals surface area contributed by atoms with Crippen LogP contribution in [0.1, 0.15) is 12.8 Å². The van der Waals surface area contributed by atoms with Gasteiger partial charge in [0.2, 0.25) is 11.8 Å². The number of rotatable bonds is 0. The maximum absolute atomic E-state index is 11.7. The predicted octanol–water partition coefficient (Wildman–Crippen LogP) is -1.30. The van der Waals surface area contributed by atoms with Gasteiger partial charge in [0, 0.05) is 13.1 Å². The quantitative estimate of drug-likeness (QED) is 0.507. The number of nitrogens with one attached hydrogen (secondary N) is 2. The van der Waals surface area contributed by atoms with Crippen LogP contribution in [0, 0.1) is 0 Å². The molecule has 2 amide bonds. The van der Waals surface area contributed by atoms with E-state index in [2.05, 4.69) is 15.5 Å². The fraction of sp³-hybridized carbons (Fsp3) is 0.778. The number of piperidine rings is 1. The third-order valence-corrected chi connectivity index (χ3v) is 3.06. The van der Waals surface area contributed by atoms with E-state index in [1.165, 1.54) is 0 Å². The first-order valence-electron chi connectivity index (χ1n) is 4.90. The molecule has 2 heterocycles. The molecule has 0 unspecified atom stereocenters. The summed E-state index contributed by atoms with van der Waals surface area (Å²) in [4.78, 5) is 25.1. The van der Waals surface area contributed by atoms with E-state index in [0.29, 0.717) is 12.8 Å². The average molecular weight is 197 g/mol. The number of piperazine rings is 1. The Morgan fingerprint density at radius 3 is 2.57 bits per heavy atom. The minimum Gasteiger partial charge on any atom is -0.345 e. The van der Waals surface area contributed by atoms with Crippen molar-refractivity contribution < 1.29 is 9.59 Å². The molecular formula is C9H15N3O2. The van der Waals surface area contributed by atoms with Gasteiger partial charge in [0.15, 0.2) is 0 Å². The zero-order valence-corrected chi connectivity index (χ0v) is 8.30. The Kier molecular flexibility index (Phi) is 2.19. The lowest BCUT2D eigenvalue weighted by Crippen LogP contribution is -2.68. The second-order valence-electron chi connectivity index (χ2n) is 4.12. The van der Waals surface area contributed by atoms with Crippen LogP contribution in [0.25, 0.3) is 0 Å². The Balaban J connectivity index is 2.12. The van der Waals surface area contributed by atoms with Crippen molar-refractivity contribution in [2.24, 2.45) is 0 Å². The molecule has 0 aromatic heterocycles. The fourth-order valence-electron chi connectivity index (χ4n) is 2.05. The molecule has 2 saturated heterocycles. The largest absolute Gasteiger partial charge is 0.345 e. The molecule has 2 aliphatic heterocycles. The van der Waals surface area contributed by atoms with Crippen LogP contribution in [0.3, 0.4) is 0 Å². The van der Waals surface area contributed by atoms with Crippen LogP contribution in [0.5, 0.6) is 0 Å². The molecule has 2 N–H and O–H groups in total. The first kappa shape index (κ1) is 9.45. The minimum absolute atomic E-state index is 0.0230. The highest BCUT2D eigenvalue weighted by Crippen LogP contribution is 2.23. The van der Waals surface area contributed by atoms with Gasteiger partial charge in [0.25, 0.3) is 0 Å². The second kappa shape index (κ2) is 3.24. The summed E-state index contributed by atoms with van der Waals surface area (Å²) in [5, 5.41) is 5.46. The van der Waals surface area contributed by atoms with Gasteiger partial charge in [0.05, 0.1) is 6.54 Å². The van der Waals surface area contributed by atoms with Gasteiger partial charge in [0.1, 0.15) is 5.54 Å². The second-order valence-corrected chi connectivity index (χ2v) is 4.12. The van der Waals surface area contributed by atoms with E-state index in [9.17, 15) is 9.59 Å². The molecule has 0 aliphatic carbocycles. The number of carbonyl (C=O) groups excluding carboxylic acids is 2. The molecule has 5 heteroatoms. The molecule has 2 rings (SSSR count). The van der Waals surface area contributed by atoms with Gasteiger partial charge in [-0.05, 0) is 19.9 Å². The van der Waals surface area contributed by atoms with E-state index < -0.39 is 5.54 Å². The highest BCUT2D eigenvalue weighted by molar-refractivity contribution is 5.98. The van der Waals surface area contributed by atoms with E-state index in [1.807, 2.05) is 7.05 Å². The van der Waals surface area contributed by atoms with Crippen LogP contribution in [-0.2, 0) is 9.59 Å². The van der Waals surface area contributed by atoms with Crippen molar-refractivity contribution in [3.05, 3.63) is 0 Å². The van der Waals surface area contributed by atoms with Gasteiger partial charge in [-0.25, -0.2) is 0 Å². The van der Waals surface area contributed by atoms with Crippen LogP contribution in [0.15, 0.2) is 0 Å². The van der Waals surface area contributed by atoms with Crippen molar-refractivity contribution in [3.8, 4) is 0 Å². The number of likely N-dealkylation sites (tertiary alicyclic amines) is 1. The molecule has 0 saturated carbocycles. The van der Waals surface area contributed by atoms with Crippen molar-refractivity contribution in [1.82, 2.24) is 15.5 Å². The Bertz CT molecular complexity index is 269. The van der Waals surface area contributed by atoms with Gasteiger partial charge < -0.3 is 15.5 Å². The zero-order chi connectivity index (χ0) is 10.2. The summed E-state index contributed by atoms with van der Waals surface area (Å²) in [6, 6.07) is 0. The number of hydrogen-bond donors (Lipinski definition) is 2. The van der Waals surface area contributed by atoms with Gasteiger partial charge in [-0.2, -0.15) is 0 Å². The number of nitrogens with zero attached hydrogens (tertiary/aromatic N) is 1. The molecule has 0 aromatic rings. The van der Waals surface area contributed by atoms with Crippen molar-refractivity contribution in [1.29, 1.82) is 0 Å². The molecule has 0 atom stereocenters. The summed E-state index contributed by atoms with van der Waals surface area (Å²) >= 11 is 0. The highest BCUT2D eigenvalue weighted by atomic mass is 16.2. The number of carbonyl (C=O) groups is 2. The zero-order valence-electron chi connectivity index (χ0n) is 8.30. The summed E-state index contributed by atoms with van der Waals surface area (Å²) in [7, 11) is 2.02. The lowest BCUT2D eigenvalue weighted by atomic mass is 9.85. The Hall–Kier alpha value is -1.10. The molecule has 2 aliphatic rings. The lowest BCUT2D eigenvalue weighted by Gasteiger charge is -2.42. The third-order valence-electron chi connectivity index (χ3n) is 3.06. The first-order chi connectivity index (χ1) is 6.62. The molecule has 5 nitrogen and oxygen atoms in total. The maximum atomic E-state index is 11.7. The van der Waals surface area contributed by atoms with Crippen LogP contribution in [0.4, 0.5) is 0 Å². The van der Waals surface area contributed by atoms with Crippen LogP contribution in [0.2, 0.25) is 0 Å². The van der Waals surface area contributed by atoms with Gasteiger partial charge >= 0.3 is 0 Å². The summed E-state index contributed by atoms with van der Waals surface area (Å²) in [5.41, 5.74) is -0.623. The van der Waals surface area contributed by atoms with Crippen molar-refractivity contribution in [2.75, 3.05) is 26.7 Å². The molecule has 1 spiro atoms. The minimum atomic E-state index is -0.623. The van der Waals surface area contributed by atoms with Crippen LogP contribution in [-0.4, -0.2) is 48.9 Å². The molecular weight excluding hydrogens is 182 g/mol. The molecule has 78 valence electrons. The van der Waals surface area contributed by atoms with E-state index in [0.717, 1.165) is 13.1 Å². The molecule has 14 heavy (non-hydrogen) atoms. The maximum Gasteiger partial charge on any atom is 0.246 e. The summed E-state index contributed by atoms with van der Waals surface area (Å²) in [6.45, 7) is 1.83. The smallest absolute Gasteiger partial charge is 0.246 e. The molecule has 0 aromatic carbocycles. The van der Waals surface area contributed by atoms with E-state index in [4.69, 9.17) is 0 Å². The van der Waals surface area contributed by atoms with E-state index in [-0.39, 0.29) is 18.4 Å². The lowest BCUT2D eigenvalue weighted by molar-refractivity contribution is -0.140. The van der Waals surface area contributed by atoms with Crippen LogP contribution < -0.4 is 10.6 Å². The van der Waals surface area contributed by atoms with Crippen molar-refractivity contribution >= 4 is 11.8 Å². The summed E-state index contributed by atoms with van der Waals surface area (Å²) < 4.78 is 0. The van der Waals surface area contributed by atoms with Gasteiger partial charge in [-0.15, -0.1) is 0 Å². The van der Waals surface area contributed by atoms with Crippen LogP contribution >= 0.6 is 0 Å². The standard InChI is InChI=1S/C9H15N3O2/c1-12-4-2-9(3-5-12)8(14)10-6-7(13)11-9/h2-6H2,1H3,(H,10,14)(H,11,13). The fourth-order valence-corrected chi connectivity index (χ4v) is 2.05. The number of amides is 2. The number of hydrogen-bond acceptors (Lipinski definition) is 3. The SMILES string of the molecule is CN1CCC2(CC1)NC(=O)CNC2=O. The summed E-state index contributed by atoms with van der Waals surface area (Å²) in [5.74, 6) is -0.0978. The van der Waals surface area contributed by atoms with Crippen molar-refractivity contribution in [3.63, 3.8) is 0 Å². The topological polar surface area (TPSA) is 61.4 Å².